The molecule has 2 amide bonds. The van der Waals surface area contributed by atoms with Crippen LogP contribution in [0.2, 0.25) is 5.02 Å². The van der Waals surface area contributed by atoms with E-state index in [0.29, 0.717) is 27.9 Å². The Labute approximate surface area is 158 Å². The van der Waals surface area contributed by atoms with Crippen molar-refractivity contribution in [1.82, 2.24) is 9.88 Å². The van der Waals surface area contributed by atoms with Gasteiger partial charge in [-0.05, 0) is 55.5 Å². The number of nitrogens with one attached hydrogen (secondary N) is 1. The maximum atomic E-state index is 12.7. The zero-order valence-electron chi connectivity index (χ0n) is 15.0. The molecule has 6 heteroatoms. The lowest BCUT2D eigenvalue weighted by Crippen LogP contribution is -2.39. The lowest BCUT2D eigenvalue weighted by molar-refractivity contribution is 0.0677. The van der Waals surface area contributed by atoms with Gasteiger partial charge in [0.15, 0.2) is 0 Å². The van der Waals surface area contributed by atoms with E-state index in [0.717, 1.165) is 31.5 Å². The average molecular weight is 372 g/mol. The highest BCUT2D eigenvalue weighted by Crippen LogP contribution is 2.21. The number of carbonyl (C=O) groups excluding carboxylic acids is 2. The van der Waals surface area contributed by atoms with Crippen molar-refractivity contribution in [3.63, 3.8) is 0 Å². The fourth-order valence-corrected chi connectivity index (χ4v) is 3.32. The maximum Gasteiger partial charge on any atom is 0.272 e. The van der Waals surface area contributed by atoms with Crippen LogP contribution in [-0.4, -0.2) is 34.8 Å². The number of amides is 2. The predicted molar refractivity (Wildman–Crippen MR) is 103 cm³/mol. The van der Waals surface area contributed by atoms with E-state index in [9.17, 15) is 9.59 Å². The first-order valence-corrected chi connectivity index (χ1v) is 9.14. The summed E-state index contributed by atoms with van der Waals surface area (Å²) in [6, 6.07) is 8.48. The summed E-state index contributed by atoms with van der Waals surface area (Å²) in [4.78, 5) is 31.3. The Balaban J connectivity index is 1.77. The Kier molecular flexibility index (Phi) is 5.57. The maximum absolute atomic E-state index is 12.7. The lowest BCUT2D eigenvalue weighted by Gasteiger charge is -2.30. The molecule has 26 heavy (non-hydrogen) atoms. The minimum atomic E-state index is -0.293. The molecule has 0 bridgehead atoms. The molecule has 1 N–H and O–H groups in total. The van der Waals surface area contributed by atoms with Crippen molar-refractivity contribution in [3.05, 3.63) is 58.4 Å². The Morgan fingerprint density at radius 1 is 1.27 bits per heavy atom. The first-order valence-electron chi connectivity index (χ1n) is 8.77. The van der Waals surface area contributed by atoms with Crippen LogP contribution in [0.1, 0.15) is 46.2 Å². The van der Waals surface area contributed by atoms with Crippen LogP contribution in [0.15, 0.2) is 36.5 Å². The van der Waals surface area contributed by atoms with Gasteiger partial charge in [-0.1, -0.05) is 24.6 Å². The predicted octanol–water partition coefficient (Wildman–Crippen LogP) is 4.17. The molecule has 2 aromatic rings. The normalized spacial score (nSPS) is 17.0. The largest absolute Gasteiger partial charge is 0.337 e. The Bertz CT molecular complexity index is 838. The first-order chi connectivity index (χ1) is 12.4. The summed E-state index contributed by atoms with van der Waals surface area (Å²) in [6.07, 6.45) is 3.64. The molecule has 0 spiro atoms. The van der Waals surface area contributed by atoms with E-state index in [2.05, 4.69) is 17.2 Å². The number of pyridine rings is 1. The molecule has 1 aliphatic heterocycles. The third-order valence-electron chi connectivity index (χ3n) is 4.63. The number of nitrogens with zero attached hydrogens (tertiary/aromatic N) is 2. The van der Waals surface area contributed by atoms with Gasteiger partial charge >= 0.3 is 0 Å². The molecule has 2 heterocycles. The zero-order chi connectivity index (χ0) is 18.7. The second-order valence-electron chi connectivity index (χ2n) is 6.84. The van der Waals surface area contributed by atoms with Crippen LogP contribution in [-0.2, 0) is 0 Å². The number of halogens is 1. The SMILES string of the molecule is Cc1ccc(Cl)cc1NC(=O)c1ccnc(C(=O)N2CCCC(C)C2)c1. The fraction of sp³-hybridized carbons (Fsp3) is 0.350. The molecule has 1 atom stereocenters. The number of hydrogen-bond acceptors (Lipinski definition) is 3. The number of anilines is 1. The average Bonchev–Trinajstić information content (AvgIpc) is 2.64. The van der Waals surface area contributed by atoms with Gasteiger partial charge in [0, 0.05) is 35.6 Å². The molecule has 1 unspecified atom stereocenters. The molecule has 1 saturated heterocycles. The van der Waals surface area contributed by atoms with Gasteiger partial charge < -0.3 is 10.2 Å². The molecule has 1 aromatic carbocycles. The highest BCUT2D eigenvalue weighted by molar-refractivity contribution is 6.31. The summed E-state index contributed by atoms with van der Waals surface area (Å²) in [5, 5.41) is 3.40. The van der Waals surface area contributed by atoms with Crippen LogP contribution in [0.5, 0.6) is 0 Å². The summed E-state index contributed by atoms with van der Waals surface area (Å²) in [7, 11) is 0. The van der Waals surface area contributed by atoms with Crippen LogP contribution in [0.25, 0.3) is 0 Å². The molecule has 3 rings (SSSR count). The van der Waals surface area contributed by atoms with Gasteiger partial charge in [0.1, 0.15) is 5.69 Å². The van der Waals surface area contributed by atoms with Crippen LogP contribution < -0.4 is 5.32 Å². The Morgan fingerprint density at radius 3 is 2.85 bits per heavy atom. The minimum absolute atomic E-state index is 0.120. The third-order valence-corrected chi connectivity index (χ3v) is 4.87. The van der Waals surface area contributed by atoms with E-state index in [1.165, 1.54) is 6.20 Å². The first kappa shape index (κ1) is 18.4. The third kappa shape index (κ3) is 4.22. The molecule has 0 saturated carbocycles. The van der Waals surface area contributed by atoms with Gasteiger partial charge in [0.05, 0.1) is 0 Å². The van der Waals surface area contributed by atoms with Crippen LogP contribution in [0.4, 0.5) is 5.69 Å². The summed E-state index contributed by atoms with van der Waals surface area (Å²) in [5.74, 6) is 0.0777. The number of aromatic nitrogens is 1. The number of carbonyl (C=O) groups is 2. The van der Waals surface area contributed by atoms with Crippen molar-refractivity contribution in [2.75, 3.05) is 18.4 Å². The van der Waals surface area contributed by atoms with Crippen LogP contribution in [0.3, 0.4) is 0 Å². The van der Waals surface area contributed by atoms with Gasteiger partial charge in [-0.2, -0.15) is 0 Å². The van der Waals surface area contributed by atoms with Crippen molar-refractivity contribution in [2.24, 2.45) is 5.92 Å². The summed E-state index contributed by atoms with van der Waals surface area (Å²) in [5.41, 5.74) is 2.26. The van der Waals surface area contributed by atoms with Gasteiger partial charge in [0.25, 0.3) is 11.8 Å². The highest BCUT2D eigenvalue weighted by atomic mass is 35.5. The Hall–Kier alpha value is -2.40. The van der Waals surface area contributed by atoms with E-state index < -0.39 is 0 Å². The second-order valence-corrected chi connectivity index (χ2v) is 7.28. The van der Waals surface area contributed by atoms with E-state index in [1.807, 2.05) is 17.9 Å². The van der Waals surface area contributed by atoms with E-state index in [1.54, 1.807) is 24.3 Å². The number of aryl methyl sites for hydroxylation is 1. The molecular weight excluding hydrogens is 350 g/mol. The highest BCUT2D eigenvalue weighted by Gasteiger charge is 2.23. The van der Waals surface area contributed by atoms with Gasteiger partial charge in [-0.3, -0.25) is 14.6 Å². The quantitative estimate of drug-likeness (QED) is 0.880. The monoisotopic (exact) mass is 371 g/mol. The topological polar surface area (TPSA) is 62.3 Å². The molecule has 1 aromatic heterocycles. The fourth-order valence-electron chi connectivity index (χ4n) is 3.15. The van der Waals surface area contributed by atoms with Gasteiger partial charge in [-0.25, -0.2) is 0 Å². The van der Waals surface area contributed by atoms with E-state index in [-0.39, 0.29) is 11.8 Å². The lowest BCUT2D eigenvalue weighted by atomic mass is 10.00. The van der Waals surface area contributed by atoms with Crippen LogP contribution >= 0.6 is 11.6 Å². The molecule has 136 valence electrons. The summed E-state index contributed by atoms with van der Waals surface area (Å²) in [6.45, 7) is 5.51. The number of hydrogen-bond donors (Lipinski definition) is 1. The summed E-state index contributed by atoms with van der Waals surface area (Å²) < 4.78 is 0. The summed E-state index contributed by atoms with van der Waals surface area (Å²) >= 11 is 6.00. The minimum Gasteiger partial charge on any atom is -0.337 e. The molecule has 0 radical (unpaired) electrons. The molecule has 0 aliphatic carbocycles. The van der Waals surface area contributed by atoms with Crippen molar-refractivity contribution in [1.29, 1.82) is 0 Å². The molecule has 1 fully saturated rings. The molecule has 5 nitrogen and oxygen atoms in total. The number of rotatable bonds is 3. The standard InChI is InChI=1S/C20H22ClN3O2/c1-13-4-3-9-24(12-13)20(26)18-10-15(7-8-22-18)19(25)23-17-11-16(21)6-5-14(17)2/h5-8,10-11,13H,3-4,9,12H2,1-2H3,(H,23,25). The van der Waals surface area contributed by atoms with Crippen LogP contribution in [0, 0.1) is 12.8 Å². The van der Waals surface area contributed by atoms with Crippen molar-refractivity contribution in [3.8, 4) is 0 Å². The number of piperidine rings is 1. The number of likely N-dealkylation sites (tertiary alicyclic amines) is 1. The number of benzene rings is 1. The van der Waals surface area contributed by atoms with Gasteiger partial charge in [-0.15, -0.1) is 0 Å². The smallest absolute Gasteiger partial charge is 0.272 e. The van der Waals surface area contributed by atoms with E-state index >= 15 is 0 Å². The second kappa shape index (κ2) is 7.87. The molecule has 1 aliphatic rings. The van der Waals surface area contributed by atoms with Gasteiger partial charge in [0.2, 0.25) is 0 Å². The Morgan fingerprint density at radius 2 is 2.08 bits per heavy atom. The van der Waals surface area contributed by atoms with E-state index in [4.69, 9.17) is 11.6 Å². The zero-order valence-corrected chi connectivity index (χ0v) is 15.7. The molecular formula is C20H22ClN3O2. The van der Waals surface area contributed by atoms with Crippen molar-refractivity contribution in [2.45, 2.75) is 26.7 Å². The van der Waals surface area contributed by atoms with Crippen molar-refractivity contribution >= 4 is 29.1 Å². The van der Waals surface area contributed by atoms with Crippen molar-refractivity contribution < 1.29 is 9.59 Å².